The van der Waals surface area contributed by atoms with Crippen LogP contribution in [0.25, 0.3) is 5.76 Å². The Morgan fingerprint density at radius 1 is 0.871 bits per heavy atom. The second-order valence-electron chi connectivity index (χ2n) is 7.78. The molecule has 1 unspecified atom stereocenters. The quantitative estimate of drug-likeness (QED) is 0.287. The molecule has 0 saturated carbocycles. The number of halogens is 1. The van der Waals surface area contributed by atoms with Crippen molar-refractivity contribution in [2.75, 3.05) is 4.90 Å². The van der Waals surface area contributed by atoms with Crippen LogP contribution in [-0.4, -0.2) is 16.8 Å². The number of nitrogens with zero attached hydrogens (tertiary/aromatic N) is 1. The molecular weight excluding hydrogens is 454 g/mol. The number of anilines is 1. The lowest BCUT2D eigenvalue weighted by molar-refractivity contribution is -0.132. The summed E-state index contributed by atoms with van der Waals surface area (Å²) in [6.45, 7) is 5.75. The Bertz CT molecular complexity index is 1240. The number of Topliss-reactive ketones (excluding diaryl/α,β-unsaturated/α-hetero) is 1. The van der Waals surface area contributed by atoms with Crippen molar-refractivity contribution in [1.29, 1.82) is 0 Å². The summed E-state index contributed by atoms with van der Waals surface area (Å²) >= 11 is 3.46. The summed E-state index contributed by atoms with van der Waals surface area (Å²) < 4.78 is 0.903. The first-order valence-electron chi connectivity index (χ1n) is 10.00. The van der Waals surface area contributed by atoms with E-state index >= 15 is 0 Å². The number of hydrogen-bond donors (Lipinski definition) is 1. The number of benzene rings is 3. The molecule has 31 heavy (non-hydrogen) atoms. The van der Waals surface area contributed by atoms with Crippen LogP contribution in [0.3, 0.4) is 0 Å². The van der Waals surface area contributed by atoms with Crippen molar-refractivity contribution >= 4 is 39.1 Å². The van der Waals surface area contributed by atoms with E-state index in [9.17, 15) is 14.7 Å². The molecule has 1 aliphatic rings. The lowest BCUT2D eigenvalue weighted by Crippen LogP contribution is -2.30. The molecule has 4 rings (SSSR count). The number of amides is 1. The molecule has 3 aromatic rings. The van der Waals surface area contributed by atoms with Gasteiger partial charge in [0.1, 0.15) is 5.76 Å². The Morgan fingerprint density at radius 3 is 2.16 bits per heavy atom. The molecule has 0 spiro atoms. The number of ketones is 1. The molecule has 4 nitrogen and oxygen atoms in total. The summed E-state index contributed by atoms with van der Waals surface area (Å²) in [6, 6.07) is 19.7. The molecule has 1 saturated heterocycles. The third kappa shape index (κ3) is 3.59. The minimum Gasteiger partial charge on any atom is -0.507 e. The van der Waals surface area contributed by atoms with Gasteiger partial charge < -0.3 is 5.11 Å². The van der Waals surface area contributed by atoms with E-state index < -0.39 is 17.7 Å². The van der Waals surface area contributed by atoms with Crippen LogP contribution in [-0.2, 0) is 9.59 Å². The topological polar surface area (TPSA) is 57.6 Å². The van der Waals surface area contributed by atoms with E-state index in [4.69, 9.17) is 0 Å². The number of carbonyl (C=O) groups is 2. The highest BCUT2D eigenvalue weighted by molar-refractivity contribution is 9.10. The van der Waals surface area contributed by atoms with Crippen molar-refractivity contribution < 1.29 is 14.7 Å². The van der Waals surface area contributed by atoms with Crippen LogP contribution >= 0.6 is 15.9 Å². The highest BCUT2D eigenvalue weighted by Crippen LogP contribution is 2.44. The third-order valence-electron chi connectivity index (χ3n) is 5.73. The van der Waals surface area contributed by atoms with Gasteiger partial charge in [0, 0.05) is 15.7 Å². The second-order valence-corrected chi connectivity index (χ2v) is 8.63. The molecule has 1 amide bonds. The van der Waals surface area contributed by atoms with Crippen LogP contribution in [0.5, 0.6) is 0 Å². The van der Waals surface area contributed by atoms with Gasteiger partial charge in [0.25, 0.3) is 11.7 Å². The average Bonchev–Trinajstić information content (AvgIpc) is 3.01. The number of aliphatic hydroxyl groups is 1. The van der Waals surface area contributed by atoms with Crippen molar-refractivity contribution in [3.05, 3.63) is 105 Å². The normalized spacial score (nSPS) is 17.9. The van der Waals surface area contributed by atoms with Gasteiger partial charge in [-0.15, -0.1) is 0 Å². The van der Waals surface area contributed by atoms with E-state index in [1.54, 1.807) is 12.1 Å². The summed E-state index contributed by atoms with van der Waals surface area (Å²) in [6.07, 6.45) is 0. The Balaban J connectivity index is 2.00. The van der Waals surface area contributed by atoms with Gasteiger partial charge in [0.2, 0.25) is 0 Å². The summed E-state index contributed by atoms with van der Waals surface area (Å²) in [5, 5.41) is 11.2. The molecule has 1 heterocycles. The average molecular weight is 476 g/mol. The molecule has 156 valence electrons. The van der Waals surface area contributed by atoms with Crippen molar-refractivity contribution in [1.82, 2.24) is 0 Å². The fourth-order valence-electron chi connectivity index (χ4n) is 4.05. The van der Waals surface area contributed by atoms with Crippen LogP contribution < -0.4 is 4.90 Å². The van der Waals surface area contributed by atoms with Crippen molar-refractivity contribution in [2.45, 2.75) is 26.8 Å². The van der Waals surface area contributed by atoms with Crippen LogP contribution in [0.1, 0.15) is 33.9 Å². The molecule has 5 heteroatoms. The summed E-state index contributed by atoms with van der Waals surface area (Å²) in [5.74, 6) is -1.49. The minimum atomic E-state index is -0.716. The first-order chi connectivity index (χ1) is 14.8. The highest BCUT2D eigenvalue weighted by atomic mass is 79.9. The smallest absolute Gasteiger partial charge is 0.300 e. The second kappa shape index (κ2) is 8.16. The molecule has 1 fully saturated rings. The van der Waals surface area contributed by atoms with Crippen molar-refractivity contribution in [3.63, 3.8) is 0 Å². The zero-order chi connectivity index (χ0) is 22.3. The molecular formula is C26H22BrNO3. The van der Waals surface area contributed by atoms with Gasteiger partial charge in [-0.2, -0.15) is 0 Å². The SMILES string of the molecule is Cc1cc(/C(O)=C2\C(=O)C(=O)N(c3ccccc3C)C2c2ccccc2C)ccc1Br. The van der Waals surface area contributed by atoms with E-state index in [0.29, 0.717) is 11.3 Å². The molecule has 0 aromatic heterocycles. The van der Waals surface area contributed by atoms with Gasteiger partial charge in [0.05, 0.1) is 11.6 Å². The van der Waals surface area contributed by atoms with E-state index in [-0.39, 0.29) is 11.3 Å². The molecule has 3 aromatic carbocycles. The third-order valence-corrected chi connectivity index (χ3v) is 6.62. The van der Waals surface area contributed by atoms with Crippen molar-refractivity contribution in [2.24, 2.45) is 0 Å². The maximum absolute atomic E-state index is 13.2. The number of aliphatic hydroxyl groups excluding tert-OH is 1. The molecule has 1 aliphatic heterocycles. The van der Waals surface area contributed by atoms with Crippen LogP contribution in [0.4, 0.5) is 5.69 Å². The largest absolute Gasteiger partial charge is 0.507 e. The Hall–Kier alpha value is -3.18. The number of hydrogen-bond acceptors (Lipinski definition) is 3. The number of carbonyl (C=O) groups excluding carboxylic acids is 2. The molecule has 0 aliphatic carbocycles. The van der Waals surface area contributed by atoms with Gasteiger partial charge in [-0.1, -0.05) is 64.5 Å². The number of aryl methyl sites for hydroxylation is 3. The zero-order valence-corrected chi connectivity index (χ0v) is 19.1. The van der Waals surface area contributed by atoms with Crippen LogP contribution in [0.2, 0.25) is 0 Å². The summed E-state index contributed by atoms with van der Waals surface area (Å²) in [4.78, 5) is 28.0. The maximum atomic E-state index is 13.2. The van der Waals surface area contributed by atoms with Crippen LogP contribution in [0, 0.1) is 20.8 Å². The molecule has 1 atom stereocenters. The maximum Gasteiger partial charge on any atom is 0.300 e. The fourth-order valence-corrected chi connectivity index (χ4v) is 4.30. The summed E-state index contributed by atoms with van der Waals surface area (Å²) in [7, 11) is 0. The van der Waals surface area contributed by atoms with E-state index in [1.807, 2.05) is 75.4 Å². The number of para-hydroxylation sites is 1. The Morgan fingerprint density at radius 2 is 1.52 bits per heavy atom. The monoisotopic (exact) mass is 475 g/mol. The van der Waals surface area contributed by atoms with Gasteiger partial charge in [-0.05, 0) is 61.2 Å². The van der Waals surface area contributed by atoms with E-state index in [0.717, 1.165) is 26.7 Å². The lowest BCUT2D eigenvalue weighted by Gasteiger charge is -2.27. The summed E-state index contributed by atoms with van der Waals surface area (Å²) in [5.41, 5.74) is 4.80. The Labute approximate surface area is 190 Å². The zero-order valence-electron chi connectivity index (χ0n) is 17.5. The number of rotatable bonds is 3. The predicted molar refractivity (Wildman–Crippen MR) is 126 cm³/mol. The van der Waals surface area contributed by atoms with Crippen LogP contribution in [0.15, 0.2) is 76.8 Å². The predicted octanol–water partition coefficient (Wildman–Crippen LogP) is 6.00. The van der Waals surface area contributed by atoms with Gasteiger partial charge in [-0.3, -0.25) is 14.5 Å². The first kappa shape index (κ1) is 21.1. The Kier molecular flexibility index (Phi) is 5.54. The molecule has 1 N–H and O–H groups in total. The van der Waals surface area contributed by atoms with E-state index in [1.165, 1.54) is 4.90 Å². The van der Waals surface area contributed by atoms with Gasteiger partial charge in [0.15, 0.2) is 0 Å². The fraction of sp³-hybridized carbons (Fsp3) is 0.154. The highest BCUT2D eigenvalue weighted by Gasteiger charge is 2.47. The van der Waals surface area contributed by atoms with E-state index in [2.05, 4.69) is 15.9 Å². The molecule has 0 bridgehead atoms. The first-order valence-corrected chi connectivity index (χ1v) is 10.8. The van der Waals surface area contributed by atoms with Gasteiger partial charge >= 0.3 is 0 Å². The minimum absolute atomic E-state index is 0.101. The molecule has 0 radical (unpaired) electrons. The standard InChI is InChI=1S/C26H22BrNO3/c1-15-8-4-6-10-19(15)23-22(24(29)18-12-13-20(27)17(3)14-18)25(30)26(31)28(23)21-11-7-5-9-16(21)2/h4-14,23,29H,1-3H3/b24-22+. The lowest BCUT2D eigenvalue weighted by atomic mass is 9.92. The van der Waals surface area contributed by atoms with Gasteiger partial charge in [-0.25, -0.2) is 0 Å². The van der Waals surface area contributed by atoms with Crippen molar-refractivity contribution in [3.8, 4) is 0 Å².